The number of furan rings is 1. The number of hydrogen-bond donors (Lipinski definition) is 1. The second kappa shape index (κ2) is 5.81. The maximum atomic E-state index is 5.37. The summed E-state index contributed by atoms with van der Waals surface area (Å²) in [5.74, 6) is 1.02. The van der Waals surface area contributed by atoms with Gasteiger partial charge in [-0.1, -0.05) is 24.3 Å². The first-order valence-electron chi connectivity index (χ1n) is 7.27. The van der Waals surface area contributed by atoms with Crippen LogP contribution in [0.3, 0.4) is 0 Å². The van der Waals surface area contributed by atoms with E-state index in [4.69, 9.17) is 4.42 Å². The molecule has 1 aliphatic rings. The number of fused-ring (bicyclic) bond motifs is 1. The van der Waals surface area contributed by atoms with Gasteiger partial charge >= 0.3 is 0 Å². The molecule has 20 heavy (non-hydrogen) atoms. The lowest BCUT2D eigenvalue weighted by atomic mass is 9.94. The van der Waals surface area contributed by atoms with Gasteiger partial charge in [-0.15, -0.1) is 0 Å². The van der Waals surface area contributed by atoms with Gasteiger partial charge in [-0.25, -0.2) is 0 Å². The maximum Gasteiger partial charge on any atom is 0.105 e. The third-order valence-corrected chi connectivity index (χ3v) is 4.12. The van der Waals surface area contributed by atoms with Crippen LogP contribution in [0.1, 0.15) is 28.5 Å². The summed E-state index contributed by atoms with van der Waals surface area (Å²) in [6, 6.07) is 11.3. The highest BCUT2D eigenvalue weighted by Crippen LogP contribution is 2.23. The van der Waals surface area contributed by atoms with Crippen molar-refractivity contribution in [1.29, 1.82) is 0 Å². The molecule has 0 radical (unpaired) electrons. The van der Waals surface area contributed by atoms with Gasteiger partial charge in [-0.05, 0) is 44.1 Å². The lowest BCUT2D eigenvalue weighted by molar-refractivity contribution is 0.277. The molecule has 0 bridgehead atoms. The number of rotatable bonds is 4. The van der Waals surface area contributed by atoms with Gasteiger partial charge in [0.25, 0.3) is 0 Å². The fourth-order valence-corrected chi connectivity index (χ4v) is 3.00. The van der Waals surface area contributed by atoms with Crippen LogP contribution in [0.5, 0.6) is 0 Å². The molecule has 1 aromatic carbocycles. The second-order valence-electron chi connectivity index (χ2n) is 5.65. The Balaban J connectivity index is 1.68. The van der Waals surface area contributed by atoms with Crippen molar-refractivity contribution in [1.82, 2.24) is 10.2 Å². The highest BCUT2D eigenvalue weighted by Gasteiger charge is 2.20. The van der Waals surface area contributed by atoms with Crippen molar-refractivity contribution in [2.45, 2.75) is 25.9 Å². The molecule has 0 spiro atoms. The molecule has 106 valence electrons. The third kappa shape index (κ3) is 2.79. The first-order chi connectivity index (χ1) is 9.74. The molecule has 3 heteroatoms. The van der Waals surface area contributed by atoms with Crippen LogP contribution in [0.4, 0.5) is 0 Å². The molecule has 0 aliphatic carbocycles. The molecule has 1 aliphatic heterocycles. The van der Waals surface area contributed by atoms with Crippen LogP contribution in [0.2, 0.25) is 0 Å². The summed E-state index contributed by atoms with van der Waals surface area (Å²) in [6.07, 6.45) is 2.91. The van der Waals surface area contributed by atoms with Crippen molar-refractivity contribution < 1.29 is 4.42 Å². The van der Waals surface area contributed by atoms with Crippen molar-refractivity contribution in [2.24, 2.45) is 0 Å². The highest BCUT2D eigenvalue weighted by atomic mass is 16.3. The Bertz CT molecular complexity index is 576. The van der Waals surface area contributed by atoms with E-state index in [1.54, 1.807) is 6.26 Å². The lowest BCUT2D eigenvalue weighted by Gasteiger charge is -2.30. The average Bonchev–Trinajstić information content (AvgIpc) is 2.85. The van der Waals surface area contributed by atoms with Crippen molar-refractivity contribution >= 4 is 0 Å². The number of benzene rings is 1. The van der Waals surface area contributed by atoms with Gasteiger partial charge in [0.1, 0.15) is 5.76 Å². The molecule has 2 aromatic rings. The van der Waals surface area contributed by atoms with E-state index in [9.17, 15) is 0 Å². The van der Waals surface area contributed by atoms with Crippen LogP contribution in [0, 0.1) is 6.92 Å². The smallest absolute Gasteiger partial charge is 0.105 e. The minimum absolute atomic E-state index is 0.428. The van der Waals surface area contributed by atoms with Gasteiger partial charge in [0.15, 0.2) is 0 Å². The zero-order valence-corrected chi connectivity index (χ0v) is 12.2. The summed E-state index contributed by atoms with van der Waals surface area (Å²) in [5, 5.41) is 3.64. The minimum Gasteiger partial charge on any atom is -0.469 e. The van der Waals surface area contributed by atoms with Crippen LogP contribution in [-0.4, -0.2) is 25.0 Å². The molecular formula is C17H22N2O. The van der Waals surface area contributed by atoms with Gasteiger partial charge in [0.05, 0.1) is 6.26 Å². The lowest BCUT2D eigenvalue weighted by Crippen LogP contribution is -2.37. The van der Waals surface area contributed by atoms with Crippen LogP contribution < -0.4 is 5.32 Å². The van der Waals surface area contributed by atoms with E-state index < -0.39 is 0 Å². The molecule has 1 unspecified atom stereocenters. The van der Waals surface area contributed by atoms with Crippen molar-refractivity contribution in [2.75, 3.05) is 20.1 Å². The van der Waals surface area contributed by atoms with E-state index in [0.29, 0.717) is 6.04 Å². The van der Waals surface area contributed by atoms with Gasteiger partial charge in [0.2, 0.25) is 0 Å². The van der Waals surface area contributed by atoms with E-state index in [1.165, 1.54) is 16.7 Å². The monoisotopic (exact) mass is 270 g/mol. The summed E-state index contributed by atoms with van der Waals surface area (Å²) >= 11 is 0. The third-order valence-electron chi connectivity index (χ3n) is 4.12. The molecule has 1 N–H and O–H groups in total. The zero-order chi connectivity index (χ0) is 13.9. The Hall–Kier alpha value is -1.58. The Kier molecular flexibility index (Phi) is 3.90. The summed E-state index contributed by atoms with van der Waals surface area (Å²) in [7, 11) is 2.17. The second-order valence-corrected chi connectivity index (χ2v) is 5.65. The molecule has 1 atom stereocenters. The van der Waals surface area contributed by atoms with Crippen LogP contribution in [0.25, 0.3) is 0 Å². The Morgan fingerprint density at radius 1 is 1.30 bits per heavy atom. The minimum atomic E-state index is 0.428. The Morgan fingerprint density at radius 3 is 2.95 bits per heavy atom. The SMILES string of the molecule is Cc1occc1CN(C)CC1NCCc2ccccc21. The average molecular weight is 270 g/mol. The Morgan fingerprint density at radius 2 is 2.15 bits per heavy atom. The van der Waals surface area contributed by atoms with Crippen LogP contribution in [0.15, 0.2) is 41.0 Å². The van der Waals surface area contributed by atoms with Gasteiger partial charge in [0, 0.05) is 24.7 Å². The molecule has 0 amide bonds. The van der Waals surface area contributed by atoms with Gasteiger partial charge < -0.3 is 14.6 Å². The molecule has 0 saturated carbocycles. The summed E-state index contributed by atoms with van der Waals surface area (Å²) < 4.78 is 5.37. The van der Waals surface area contributed by atoms with E-state index in [2.05, 4.69) is 47.6 Å². The molecule has 3 nitrogen and oxygen atoms in total. The number of nitrogens with zero attached hydrogens (tertiary/aromatic N) is 1. The number of hydrogen-bond acceptors (Lipinski definition) is 3. The quantitative estimate of drug-likeness (QED) is 0.926. The van der Waals surface area contributed by atoms with Crippen LogP contribution >= 0.6 is 0 Å². The van der Waals surface area contributed by atoms with E-state index >= 15 is 0 Å². The normalized spacial score (nSPS) is 18.2. The number of aryl methyl sites for hydroxylation is 1. The first-order valence-corrected chi connectivity index (χ1v) is 7.27. The van der Waals surface area contributed by atoms with Gasteiger partial charge in [-0.3, -0.25) is 0 Å². The van der Waals surface area contributed by atoms with Gasteiger partial charge in [-0.2, -0.15) is 0 Å². The van der Waals surface area contributed by atoms with Crippen molar-refractivity contribution in [3.63, 3.8) is 0 Å². The van der Waals surface area contributed by atoms with E-state index in [1.807, 2.05) is 6.92 Å². The van der Waals surface area contributed by atoms with Crippen LogP contribution in [-0.2, 0) is 13.0 Å². The summed E-state index contributed by atoms with van der Waals surface area (Å²) in [5.41, 5.74) is 4.22. The number of nitrogens with one attached hydrogen (secondary N) is 1. The maximum absolute atomic E-state index is 5.37. The number of likely N-dealkylation sites (N-methyl/N-ethyl adjacent to an activating group) is 1. The summed E-state index contributed by atoms with van der Waals surface area (Å²) in [6.45, 7) is 5.04. The molecule has 0 fully saturated rings. The molecule has 0 saturated heterocycles. The first kappa shape index (κ1) is 13.4. The van der Waals surface area contributed by atoms with Crippen molar-refractivity contribution in [3.8, 4) is 0 Å². The largest absolute Gasteiger partial charge is 0.469 e. The predicted octanol–water partition coefficient (Wildman–Crippen LogP) is 2.91. The summed E-state index contributed by atoms with van der Waals surface area (Å²) in [4.78, 5) is 2.36. The zero-order valence-electron chi connectivity index (χ0n) is 12.2. The molecule has 3 rings (SSSR count). The Labute approximate surface area is 120 Å². The highest BCUT2D eigenvalue weighted by molar-refractivity contribution is 5.32. The standard InChI is InChI=1S/C17H22N2O/c1-13-15(8-10-20-13)11-19(2)12-17-16-6-4-3-5-14(16)7-9-18-17/h3-6,8,10,17-18H,7,9,11-12H2,1-2H3. The van der Waals surface area contributed by atoms with E-state index in [-0.39, 0.29) is 0 Å². The predicted molar refractivity (Wildman–Crippen MR) is 80.7 cm³/mol. The molecular weight excluding hydrogens is 248 g/mol. The fraction of sp³-hybridized carbons (Fsp3) is 0.412. The molecule has 2 heterocycles. The van der Waals surface area contributed by atoms with Crippen molar-refractivity contribution in [3.05, 3.63) is 59.0 Å². The topological polar surface area (TPSA) is 28.4 Å². The molecule has 1 aromatic heterocycles. The fourth-order valence-electron chi connectivity index (χ4n) is 3.00. The van der Waals surface area contributed by atoms with E-state index in [0.717, 1.165) is 31.8 Å².